The van der Waals surface area contributed by atoms with Crippen LogP contribution in [0.1, 0.15) is 17.0 Å². The highest BCUT2D eigenvalue weighted by molar-refractivity contribution is 14.0. The molecule has 0 aliphatic rings. The SMILES string of the molecule is CN=C(NCCc1ccc(Cl)cc1)NCc1cccc(C)n1.I. The van der Waals surface area contributed by atoms with Crippen LogP contribution in [0.4, 0.5) is 0 Å². The van der Waals surface area contributed by atoms with Gasteiger partial charge < -0.3 is 10.6 Å². The van der Waals surface area contributed by atoms with E-state index in [1.807, 2.05) is 49.4 Å². The average Bonchev–Trinajstić information content (AvgIpc) is 2.52. The van der Waals surface area contributed by atoms with Gasteiger partial charge in [-0.05, 0) is 43.2 Å². The maximum Gasteiger partial charge on any atom is 0.191 e. The molecular formula is C17H22ClIN4. The second-order valence-corrected chi connectivity index (χ2v) is 5.44. The van der Waals surface area contributed by atoms with Crippen LogP contribution in [0.5, 0.6) is 0 Å². The van der Waals surface area contributed by atoms with E-state index in [4.69, 9.17) is 11.6 Å². The molecule has 0 unspecified atom stereocenters. The second-order valence-electron chi connectivity index (χ2n) is 5.00. The Labute approximate surface area is 159 Å². The Morgan fingerprint density at radius 3 is 2.52 bits per heavy atom. The molecule has 1 aromatic heterocycles. The molecule has 6 heteroatoms. The molecule has 0 amide bonds. The number of guanidine groups is 1. The van der Waals surface area contributed by atoms with Crippen LogP contribution in [0.2, 0.25) is 5.02 Å². The number of rotatable bonds is 5. The van der Waals surface area contributed by atoms with E-state index in [-0.39, 0.29) is 24.0 Å². The lowest BCUT2D eigenvalue weighted by molar-refractivity contribution is 0.781. The van der Waals surface area contributed by atoms with E-state index in [0.717, 1.165) is 35.3 Å². The van der Waals surface area contributed by atoms with E-state index >= 15 is 0 Å². The summed E-state index contributed by atoms with van der Waals surface area (Å²) in [5.74, 6) is 0.775. The third-order valence-corrected chi connectivity index (χ3v) is 3.48. The number of benzene rings is 1. The first kappa shape index (κ1) is 19.7. The number of nitrogens with zero attached hydrogens (tertiary/aromatic N) is 2. The molecule has 1 aromatic carbocycles. The Kier molecular flexibility index (Phi) is 8.94. The average molecular weight is 445 g/mol. The molecule has 0 saturated carbocycles. The fourth-order valence-corrected chi connectivity index (χ4v) is 2.20. The number of hydrogen-bond acceptors (Lipinski definition) is 2. The molecule has 0 radical (unpaired) electrons. The van der Waals surface area contributed by atoms with Crippen LogP contribution in [-0.4, -0.2) is 24.5 Å². The van der Waals surface area contributed by atoms with Gasteiger partial charge >= 0.3 is 0 Å². The summed E-state index contributed by atoms with van der Waals surface area (Å²) in [6, 6.07) is 13.9. The van der Waals surface area contributed by atoms with Gasteiger partial charge in [-0.3, -0.25) is 9.98 Å². The van der Waals surface area contributed by atoms with Gasteiger partial charge in [0.1, 0.15) is 0 Å². The molecule has 0 fully saturated rings. The minimum Gasteiger partial charge on any atom is -0.356 e. The molecule has 4 nitrogen and oxygen atoms in total. The molecule has 0 aliphatic carbocycles. The molecule has 0 atom stereocenters. The van der Waals surface area contributed by atoms with Gasteiger partial charge in [0, 0.05) is 24.3 Å². The summed E-state index contributed by atoms with van der Waals surface area (Å²) in [5, 5.41) is 7.32. The van der Waals surface area contributed by atoms with Crippen molar-refractivity contribution in [3.8, 4) is 0 Å². The molecule has 0 spiro atoms. The quantitative estimate of drug-likeness (QED) is 0.421. The van der Waals surface area contributed by atoms with Crippen molar-refractivity contribution in [3.05, 3.63) is 64.4 Å². The summed E-state index contributed by atoms with van der Waals surface area (Å²) >= 11 is 5.88. The zero-order chi connectivity index (χ0) is 15.8. The van der Waals surface area contributed by atoms with E-state index in [1.54, 1.807) is 7.05 Å². The van der Waals surface area contributed by atoms with Crippen molar-refractivity contribution >= 4 is 41.5 Å². The Morgan fingerprint density at radius 1 is 1.13 bits per heavy atom. The number of halogens is 2. The molecular weight excluding hydrogens is 423 g/mol. The molecule has 124 valence electrons. The molecule has 23 heavy (non-hydrogen) atoms. The fourth-order valence-electron chi connectivity index (χ4n) is 2.07. The highest BCUT2D eigenvalue weighted by atomic mass is 127. The zero-order valence-corrected chi connectivity index (χ0v) is 16.4. The summed E-state index contributed by atoms with van der Waals surface area (Å²) in [6.45, 7) is 3.45. The summed E-state index contributed by atoms with van der Waals surface area (Å²) in [5.41, 5.74) is 3.26. The van der Waals surface area contributed by atoms with Crippen LogP contribution >= 0.6 is 35.6 Å². The summed E-state index contributed by atoms with van der Waals surface area (Å²) < 4.78 is 0. The molecule has 2 aromatic rings. The molecule has 1 heterocycles. The van der Waals surface area contributed by atoms with Crippen molar-refractivity contribution in [1.82, 2.24) is 15.6 Å². The predicted octanol–water partition coefficient (Wildman–Crippen LogP) is 3.57. The highest BCUT2D eigenvalue weighted by Crippen LogP contribution is 2.09. The standard InChI is InChI=1S/C17H21ClN4.HI/c1-13-4-3-5-16(22-13)12-21-17(19-2)20-11-10-14-6-8-15(18)9-7-14;/h3-9H,10-12H2,1-2H3,(H2,19,20,21);1H. The van der Waals surface area contributed by atoms with Crippen molar-refractivity contribution in [1.29, 1.82) is 0 Å². The van der Waals surface area contributed by atoms with Crippen molar-refractivity contribution in [2.75, 3.05) is 13.6 Å². The van der Waals surface area contributed by atoms with E-state index in [1.165, 1.54) is 5.56 Å². The van der Waals surface area contributed by atoms with Crippen molar-refractivity contribution in [2.45, 2.75) is 19.9 Å². The minimum atomic E-state index is 0. The fraction of sp³-hybridized carbons (Fsp3) is 0.294. The second kappa shape index (κ2) is 10.4. The lowest BCUT2D eigenvalue weighted by Crippen LogP contribution is -2.38. The summed E-state index contributed by atoms with van der Waals surface area (Å²) in [7, 11) is 1.77. The molecule has 0 saturated heterocycles. The number of nitrogens with one attached hydrogen (secondary N) is 2. The Morgan fingerprint density at radius 2 is 1.87 bits per heavy atom. The van der Waals surface area contributed by atoms with Crippen LogP contribution in [0.15, 0.2) is 47.5 Å². The maximum absolute atomic E-state index is 5.88. The van der Waals surface area contributed by atoms with Crippen LogP contribution in [0.3, 0.4) is 0 Å². The number of aliphatic imine (C=N–C) groups is 1. The van der Waals surface area contributed by atoms with Gasteiger partial charge in [0.15, 0.2) is 5.96 Å². The third kappa shape index (κ3) is 7.18. The molecule has 2 rings (SSSR count). The van der Waals surface area contributed by atoms with E-state index < -0.39 is 0 Å². The zero-order valence-electron chi connectivity index (χ0n) is 13.3. The van der Waals surface area contributed by atoms with Gasteiger partial charge in [0.2, 0.25) is 0 Å². The first-order valence-corrected chi connectivity index (χ1v) is 7.66. The summed E-state index contributed by atoms with van der Waals surface area (Å²) in [6.07, 6.45) is 0.917. The van der Waals surface area contributed by atoms with Crippen LogP contribution < -0.4 is 10.6 Å². The lowest BCUT2D eigenvalue weighted by Gasteiger charge is -2.12. The minimum absolute atomic E-state index is 0. The first-order valence-electron chi connectivity index (χ1n) is 7.29. The van der Waals surface area contributed by atoms with Gasteiger partial charge in [-0.25, -0.2) is 0 Å². The predicted molar refractivity (Wildman–Crippen MR) is 108 cm³/mol. The first-order chi connectivity index (χ1) is 10.7. The van der Waals surface area contributed by atoms with Crippen molar-refractivity contribution in [3.63, 3.8) is 0 Å². The third-order valence-electron chi connectivity index (χ3n) is 3.23. The molecule has 0 aliphatic heterocycles. The van der Waals surface area contributed by atoms with Gasteiger partial charge in [-0.1, -0.05) is 29.8 Å². The number of aryl methyl sites for hydroxylation is 1. The van der Waals surface area contributed by atoms with E-state index in [0.29, 0.717) is 6.54 Å². The lowest BCUT2D eigenvalue weighted by atomic mass is 10.1. The van der Waals surface area contributed by atoms with E-state index in [2.05, 4.69) is 20.6 Å². The Bertz CT molecular complexity index is 629. The largest absolute Gasteiger partial charge is 0.356 e. The van der Waals surface area contributed by atoms with Crippen molar-refractivity contribution in [2.24, 2.45) is 4.99 Å². The van der Waals surface area contributed by atoms with Gasteiger partial charge in [0.25, 0.3) is 0 Å². The normalized spacial score (nSPS) is 10.8. The summed E-state index contributed by atoms with van der Waals surface area (Å²) in [4.78, 5) is 8.67. The number of hydrogen-bond donors (Lipinski definition) is 2. The van der Waals surface area contributed by atoms with Gasteiger partial charge in [0.05, 0.1) is 12.2 Å². The maximum atomic E-state index is 5.88. The van der Waals surface area contributed by atoms with Crippen LogP contribution in [-0.2, 0) is 13.0 Å². The highest BCUT2D eigenvalue weighted by Gasteiger charge is 2.00. The molecule has 0 bridgehead atoms. The number of pyridine rings is 1. The topological polar surface area (TPSA) is 49.3 Å². The Hall–Kier alpha value is -1.34. The Balaban J connectivity index is 0.00000264. The van der Waals surface area contributed by atoms with Gasteiger partial charge in [-0.15, -0.1) is 24.0 Å². The van der Waals surface area contributed by atoms with E-state index in [9.17, 15) is 0 Å². The van der Waals surface area contributed by atoms with Crippen molar-refractivity contribution < 1.29 is 0 Å². The van der Waals surface area contributed by atoms with Crippen LogP contribution in [0.25, 0.3) is 0 Å². The van der Waals surface area contributed by atoms with Crippen LogP contribution in [0, 0.1) is 6.92 Å². The monoisotopic (exact) mass is 444 g/mol. The smallest absolute Gasteiger partial charge is 0.191 e. The van der Waals surface area contributed by atoms with Gasteiger partial charge in [-0.2, -0.15) is 0 Å². The number of aromatic nitrogens is 1. The molecule has 2 N–H and O–H groups in total.